The average Bonchev–Trinajstić information content (AvgIpc) is 3.07. The standard InChI is InChI=1S/C22H13N3/c1-2-6-15-12-19-18(11-14(15)5-1)20-22(24-10-9-23-20)25-13-16-7-3-4-8-17(16)21(19)25/h1-13H. The first-order chi connectivity index (χ1) is 12.4. The van der Waals surface area contributed by atoms with Gasteiger partial charge >= 0.3 is 0 Å². The van der Waals surface area contributed by atoms with E-state index in [0.29, 0.717) is 0 Å². The Morgan fingerprint density at radius 2 is 1.32 bits per heavy atom. The van der Waals surface area contributed by atoms with Gasteiger partial charge in [0.25, 0.3) is 0 Å². The van der Waals surface area contributed by atoms with Crippen LogP contribution in [0, 0.1) is 0 Å². The van der Waals surface area contributed by atoms with Gasteiger partial charge in [0.15, 0.2) is 5.65 Å². The Balaban J connectivity index is 2.03. The summed E-state index contributed by atoms with van der Waals surface area (Å²) in [5.74, 6) is 0. The maximum atomic E-state index is 4.65. The topological polar surface area (TPSA) is 30.2 Å². The fraction of sp³-hybridized carbons (Fsp3) is 0. The van der Waals surface area contributed by atoms with Gasteiger partial charge in [0, 0.05) is 40.1 Å². The van der Waals surface area contributed by atoms with E-state index in [4.69, 9.17) is 0 Å². The minimum atomic E-state index is 0.900. The Morgan fingerprint density at radius 1 is 0.640 bits per heavy atom. The van der Waals surface area contributed by atoms with Crippen LogP contribution in [-0.4, -0.2) is 14.4 Å². The van der Waals surface area contributed by atoms with E-state index in [9.17, 15) is 0 Å². The van der Waals surface area contributed by atoms with Crippen LogP contribution in [0.4, 0.5) is 0 Å². The average molecular weight is 319 g/mol. The molecule has 0 atom stereocenters. The van der Waals surface area contributed by atoms with Gasteiger partial charge in [-0.1, -0.05) is 48.5 Å². The second-order valence-electron chi connectivity index (χ2n) is 6.41. The largest absolute Gasteiger partial charge is 0.298 e. The van der Waals surface area contributed by atoms with Crippen LogP contribution in [0.1, 0.15) is 0 Å². The number of fused-ring (bicyclic) bond motifs is 9. The first-order valence-corrected chi connectivity index (χ1v) is 8.35. The molecule has 3 aromatic carbocycles. The molecule has 3 heteroatoms. The Labute approximate surface area is 143 Å². The van der Waals surface area contributed by atoms with Crippen LogP contribution in [0.15, 0.2) is 79.3 Å². The van der Waals surface area contributed by atoms with Gasteiger partial charge in [-0.25, -0.2) is 4.98 Å². The van der Waals surface area contributed by atoms with E-state index >= 15 is 0 Å². The van der Waals surface area contributed by atoms with Crippen molar-refractivity contribution in [3.63, 3.8) is 0 Å². The number of hydrogen-bond acceptors (Lipinski definition) is 2. The molecule has 0 radical (unpaired) electrons. The van der Waals surface area contributed by atoms with Gasteiger partial charge in [-0.2, -0.15) is 0 Å². The SMILES string of the molecule is c1ccc2cc3c(cc2c1)c1nccnc1n1cc2ccccc2c31. The first kappa shape index (κ1) is 12.9. The third-order valence-electron chi connectivity index (χ3n) is 5.03. The lowest BCUT2D eigenvalue weighted by molar-refractivity contribution is 1.18. The molecule has 0 bridgehead atoms. The van der Waals surface area contributed by atoms with Crippen molar-refractivity contribution in [2.45, 2.75) is 0 Å². The Kier molecular flexibility index (Phi) is 2.35. The molecule has 3 nitrogen and oxygen atoms in total. The molecule has 3 heterocycles. The van der Waals surface area contributed by atoms with Crippen molar-refractivity contribution < 1.29 is 0 Å². The summed E-state index contributed by atoms with van der Waals surface area (Å²) in [6.45, 7) is 0. The number of pyridine rings is 1. The number of hydrogen-bond donors (Lipinski definition) is 0. The minimum Gasteiger partial charge on any atom is -0.298 e. The molecule has 6 aromatic rings. The molecule has 0 amide bonds. The van der Waals surface area contributed by atoms with E-state index in [1.165, 1.54) is 32.4 Å². The van der Waals surface area contributed by atoms with E-state index in [1.807, 2.05) is 0 Å². The third-order valence-corrected chi connectivity index (χ3v) is 5.03. The summed E-state index contributed by atoms with van der Waals surface area (Å²) in [4.78, 5) is 9.29. The summed E-state index contributed by atoms with van der Waals surface area (Å²) in [6, 6.07) is 21.5. The minimum absolute atomic E-state index is 0.900. The smallest absolute Gasteiger partial charge is 0.163 e. The zero-order valence-corrected chi connectivity index (χ0v) is 13.3. The summed E-state index contributed by atoms with van der Waals surface area (Å²) in [6.07, 6.45) is 5.70. The second kappa shape index (κ2) is 4.54. The summed E-state index contributed by atoms with van der Waals surface area (Å²) in [5.41, 5.74) is 3.04. The van der Waals surface area contributed by atoms with Crippen molar-refractivity contribution in [3.8, 4) is 0 Å². The maximum absolute atomic E-state index is 4.65. The molecule has 0 aliphatic rings. The molecule has 0 saturated carbocycles. The second-order valence-corrected chi connectivity index (χ2v) is 6.41. The molecule has 25 heavy (non-hydrogen) atoms. The highest BCUT2D eigenvalue weighted by molar-refractivity contribution is 6.20. The summed E-state index contributed by atoms with van der Waals surface area (Å²) >= 11 is 0. The molecule has 3 aromatic heterocycles. The van der Waals surface area contributed by atoms with Gasteiger partial charge in [0.1, 0.15) is 5.52 Å². The summed E-state index contributed by atoms with van der Waals surface area (Å²) in [5, 5.41) is 7.30. The van der Waals surface area contributed by atoms with Crippen LogP contribution in [0.25, 0.3) is 49.0 Å². The van der Waals surface area contributed by atoms with E-state index in [1.54, 1.807) is 12.4 Å². The number of rotatable bonds is 0. The van der Waals surface area contributed by atoms with Crippen molar-refractivity contribution in [2.24, 2.45) is 0 Å². The fourth-order valence-corrected chi connectivity index (χ4v) is 3.93. The van der Waals surface area contributed by atoms with Crippen molar-refractivity contribution >= 4 is 49.0 Å². The third kappa shape index (κ3) is 1.64. The van der Waals surface area contributed by atoms with Crippen LogP contribution in [0.2, 0.25) is 0 Å². The Bertz CT molecular complexity index is 1440. The molecule has 0 spiro atoms. The highest BCUT2D eigenvalue weighted by Crippen LogP contribution is 2.35. The van der Waals surface area contributed by atoms with Gasteiger partial charge in [0.2, 0.25) is 0 Å². The highest BCUT2D eigenvalue weighted by atomic mass is 15.0. The van der Waals surface area contributed by atoms with Crippen LogP contribution in [0.3, 0.4) is 0 Å². The zero-order chi connectivity index (χ0) is 16.4. The fourth-order valence-electron chi connectivity index (χ4n) is 3.93. The molecule has 0 aliphatic carbocycles. The van der Waals surface area contributed by atoms with Crippen molar-refractivity contribution in [2.75, 3.05) is 0 Å². The molecule has 0 fully saturated rings. The first-order valence-electron chi connectivity index (χ1n) is 8.35. The van der Waals surface area contributed by atoms with Gasteiger partial charge in [-0.15, -0.1) is 0 Å². The van der Waals surface area contributed by atoms with Crippen molar-refractivity contribution in [1.82, 2.24) is 14.4 Å². The molecule has 116 valence electrons. The normalized spacial score (nSPS) is 12.0. The molecular weight excluding hydrogens is 306 g/mol. The van der Waals surface area contributed by atoms with Crippen LogP contribution in [-0.2, 0) is 0 Å². The van der Waals surface area contributed by atoms with E-state index in [-0.39, 0.29) is 0 Å². The van der Waals surface area contributed by atoms with Gasteiger partial charge < -0.3 is 0 Å². The molecule has 0 saturated heterocycles. The molecule has 0 unspecified atom stereocenters. The summed E-state index contributed by atoms with van der Waals surface area (Å²) < 4.78 is 2.18. The molecule has 0 aliphatic heterocycles. The van der Waals surface area contributed by atoms with Crippen LogP contribution in [0.5, 0.6) is 0 Å². The van der Waals surface area contributed by atoms with Gasteiger partial charge in [-0.3, -0.25) is 9.38 Å². The molecular formula is C22H13N3. The monoisotopic (exact) mass is 319 g/mol. The Hall–Kier alpha value is -3.46. The highest BCUT2D eigenvalue weighted by Gasteiger charge is 2.14. The van der Waals surface area contributed by atoms with Crippen LogP contribution < -0.4 is 0 Å². The predicted molar refractivity (Wildman–Crippen MR) is 103 cm³/mol. The predicted octanol–water partition coefficient (Wildman–Crippen LogP) is 5.34. The molecule has 0 N–H and O–H groups in total. The molecule has 6 rings (SSSR count). The van der Waals surface area contributed by atoms with Gasteiger partial charge in [0.05, 0.1) is 5.52 Å². The number of aromatic nitrogens is 3. The van der Waals surface area contributed by atoms with Crippen LogP contribution >= 0.6 is 0 Å². The summed E-state index contributed by atoms with van der Waals surface area (Å²) in [7, 11) is 0. The lowest BCUT2D eigenvalue weighted by atomic mass is 10.0. The van der Waals surface area contributed by atoms with E-state index in [0.717, 1.165) is 16.6 Å². The number of benzene rings is 3. The lowest BCUT2D eigenvalue weighted by Gasteiger charge is -2.09. The lowest BCUT2D eigenvalue weighted by Crippen LogP contribution is -1.94. The van der Waals surface area contributed by atoms with E-state index < -0.39 is 0 Å². The van der Waals surface area contributed by atoms with E-state index in [2.05, 4.69) is 81.2 Å². The quantitative estimate of drug-likeness (QED) is 0.279. The Morgan fingerprint density at radius 3 is 2.16 bits per heavy atom. The number of nitrogens with zero attached hydrogens (tertiary/aromatic N) is 3. The van der Waals surface area contributed by atoms with Crippen molar-refractivity contribution in [1.29, 1.82) is 0 Å². The van der Waals surface area contributed by atoms with Crippen molar-refractivity contribution in [3.05, 3.63) is 79.3 Å². The van der Waals surface area contributed by atoms with Gasteiger partial charge in [-0.05, 0) is 22.9 Å². The zero-order valence-electron chi connectivity index (χ0n) is 13.3. The maximum Gasteiger partial charge on any atom is 0.163 e.